The van der Waals surface area contributed by atoms with Crippen LogP contribution in [0, 0.1) is 12.8 Å². The lowest BCUT2D eigenvalue weighted by atomic mass is 10.00. The van der Waals surface area contributed by atoms with Gasteiger partial charge in [-0.15, -0.1) is 0 Å². The molecule has 21 heavy (non-hydrogen) atoms. The summed E-state index contributed by atoms with van der Waals surface area (Å²) in [7, 11) is 0. The van der Waals surface area contributed by atoms with Crippen molar-refractivity contribution in [2.75, 3.05) is 0 Å². The Labute approximate surface area is 125 Å². The number of amides is 2. The van der Waals surface area contributed by atoms with E-state index in [1.54, 1.807) is 0 Å². The number of aliphatic hydroxyl groups excluding tert-OH is 1. The van der Waals surface area contributed by atoms with E-state index in [9.17, 15) is 14.7 Å². The van der Waals surface area contributed by atoms with Crippen molar-refractivity contribution < 1.29 is 14.7 Å². The molecule has 0 unspecified atom stereocenters. The summed E-state index contributed by atoms with van der Waals surface area (Å²) in [5.74, 6) is -0.974. The number of rotatable bonds is 7. The number of benzene rings is 1. The third kappa shape index (κ3) is 5.55. The van der Waals surface area contributed by atoms with Crippen molar-refractivity contribution in [3.05, 3.63) is 35.4 Å². The van der Waals surface area contributed by atoms with Crippen LogP contribution in [0.4, 0.5) is 0 Å². The van der Waals surface area contributed by atoms with Gasteiger partial charge in [0.15, 0.2) is 0 Å². The number of nitrogens with two attached hydrogens (primary N) is 1. The standard InChI is InChI=1S/C16H24N2O3/c1-10(2)8-14(19)16(21)18-13(15(17)20)9-12-7-5-4-6-11(12)3/h4-7,10,13-14,19H,8-9H2,1-3H3,(H2,17,20)(H,18,21)/t13-,14+/m1/s1. The summed E-state index contributed by atoms with van der Waals surface area (Å²) < 4.78 is 0. The van der Waals surface area contributed by atoms with Crippen molar-refractivity contribution >= 4 is 11.8 Å². The van der Waals surface area contributed by atoms with Crippen LogP contribution in [0.2, 0.25) is 0 Å². The summed E-state index contributed by atoms with van der Waals surface area (Å²) in [5, 5.41) is 12.3. The van der Waals surface area contributed by atoms with Gasteiger partial charge in [0.1, 0.15) is 12.1 Å². The lowest BCUT2D eigenvalue weighted by Gasteiger charge is -2.19. The Morgan fingerprint density at radius 1 is 1.29 bits per heavy atom. The first-order chi connectivity index (χ1) is 9.81. The van der Waals surface area contributed by atoms with Crippen molar-refractivity contribution in [1.29, 1.82) is 0 Å². The lowest BCUT2D eigenvalue weighted by Crippen LogP contribution is -2.49. The average Bonchev–Trinajstić information content (AvgIpc) is 2.39. The molecular formula is C16H24N2O3. The largest absolute Gasteiger partial charge is 0.383 e. The van der Waals surface area contributed by atoms with Gasteiger partial charge in [-0.1, -0.05) is 38.1 Å². The van der Waals surface area contributed by atoms with E-state index in [1.807, 2.05) is 45.0 Å². The van der Waals surface area contributed by atoms with Gasteiger partial charge in [-0.2, -0.15) is 0 Å². The van der Waals surface area contributed by atoms with Gasteiger partial charge in [0.2, 0.25) is 11.8 Å². The number of carbonyl (C=O) groups is 2. The SMILES string of the molecule is Cc1ccccc1C[C@@H](NC(=O)[C@@H](O)CC(C)C)C(N)=O. The number of primary amides is 1. The van der Waals surface area contributed by atoms with E-state index >= 15 is 0 Å². The number of hydrogen-bond donors (Lipinski definition) is 3. The van der Waals surface area contributed by atoms with E-state index in [0.29, 0.717) is 12.8 Å². The summed E-state index contributed by atoms with van der Waals surface area (Å²) in [6.45, 7) is 5.76. The second-order valence-corrected chi connectivity index (χ2v) is 5.74. The molecule has 1 rings (SSSR count). The third-order valence-corrected chi connectivity index (χ3v) is 3.34. The molecule has 5 nitrogen and oxygen atoms in total. The molecule has 1 aromatic rings. The monoisotopic (exact) mass is 292 g/mol. The van der Waals surface area contributed by atoms with Crippen LogP contribution in [-0.2, 0) is 16.0 Å². The molecule has 0 bridgehead atoms. The summed E-state index contributed by atoms with van der Waals surface area (Å²) in [6.07, 6.45) is -0.451. The molecule has 0 saturated heterocycles. The molecule has 2 amide bonds. The quantitative estimate of drug-likeness (QED) is 0.697. The number of carbonyl (C=O) groups excluding carboxylic acids is 2. The fourth-order valence-electron chi connectivity index (χ4n) is 2.10. The topological polar surface area (TPSA) is 92.4 Å². The molecule has 0 saturated carbocycles. The van der Waals surface area contributed by atoms with E-state index in [2.05, 4.69) is 5.32 Å². The molecule has 0 spiro atoms. The Balaban J connectivity index is 2.73. The predicted octanol–water partition coefficient (Wildman–Crippen LogP) is 0.915. The van der Waals surface area contributed by atoms with Crippen LogP contribution >= 0.6 is 0 Å². The Kier molecular flexibility index (Phi) is 6.37. The van der Waals surface area contributed by atoms with Gasteiger partial charge < -0.3 is 16.2 Å². The van der Waals surface area contributed by atoms with E-state index in [-0.39, 0.29) is 5.92 Å². The summed E-state index contributed by atoms with van der Waals surface area (Å²) in [4.78, 5) is 23.4. The van der Waals surface area contributed by atoms with Crippen LogP contribution in [0.1, 0.15) is 31.4 Å². The molecule has 5 heteroatoms. The van der Waals surface area contributed by atoms with E-state index in [0.717, 1.165) is 11.1 Å². The number of aryl methyl sites for hydroxylation is 1. The molecule has 0 aliphatic carbocycles. The van der Waals surface area contributed by atoms with Gasteiger partial charge in [0, 0.05) is 6.42 Å². The van der Waals surface area contributed by atoms with E-state index < -0.39 is 24.0 Å². The predicted molar refractivity (Wildman–Crippen MR) is 81.5 cm³/mol. The highest BCUT2D eigenvalue weighted by Gasteiger charge is 2.23. The highest BCUT2D eigenvalue weighted by Crippen LogP contribution is 2.10. The normalized spacial score (nSPS) is 13.8. The van der Waals surface area contributed by atoms with Gasteiger partial charge in [0.05, 0.1) is 0 Å². The van der Waals surface area contributed by atoms with Crippen LogP contribution in [0.5, 0.6) is 0 Å². The Morgan fingerprint density at radius 3 is 2.43 bits per heavy atom. The molecule has 0 fully saturated rings. The van der Waals surface area contributed by atoms with Gasteiger partial charge in [-0.05, 0) is 30.4 Å². The fourth-order valence-corrected chi connectivity index (χ4v) is 2.10. The Bertz CT molecular complexity index is 500. The van der Waals surface area contributed by atoms with Crippen LogP contribution in [-0.4, -0.2) is 29.1 Å². The molecule has 116 valence electrons. The molecule has 0 radical (unpaired) electrons. The first-order valence-corrected chi connectivity index (χ1v) is 7.13. The van der Waals surface area contributed by atoms with Crippen LogP contribution in [0.3, 0.4) is 0 Å². The first kappa shape index (κ1) is 17.2. The molecule has 0 aliphatic rings. The highest BCUT2D eigenvalue weighted by molar-refractivity contribution is 5.88. The third-order valence-electron chi connectivity index (χ3n) is 3.34. The maximum absolute atomic E-state index is 11.9. The van der Waals surface area contributed by atoms with Crippen molar-refractivity contribution in [2.45, 2.75) is 45.8 Å². The average molecular weight is 292 g/mol. The van der Waals surface area contributed by atoms with Crippen molar-refractivity contribution in [3.63, 3.8) is 0 Å². The summed E-state index contributed by atoms with van der Waals surface area (Å²) in [6, 6.07) is 6.78. The first-order valence-electron chi connectivity index (χ1n) is 7.13. The maximum atomic E-state index is 11.9. The molecule has 0 aromatic heterocycles. The number of aliphatic hydroxyl groups is 1. The zero-order valence-electron chi connectivity index (χ0n) is 12.8. The minimum absolute atomic E-state index is 0.189. The van der Waals surface area contributed by atoms with Crippen LogP contribution < -0.4 is 11.1 Å². The smallest absolute Gasteiger partial charge is 0.249 e. The second-order valence-electron chi connectivity index (χ2n) is 5.74. The molecule has 1 aromatic carbocycles. The maximum Gasteiger partial charge on any atom is 0.249 e. The Hall–Kier alpha value is -1.88. The number of nitrogens with one attached hydrogen (secondary N) is 1. The zero-order chi connectivity index (χ0) is 16.0. The minimum Gasteiger partial charge on any atom is -0.383 e. The van der Waals surface area contributed by atoms with Crippen LogP contribution in [0.15, 0.2) is 24.3 Å². The fraction of sp³-hybridized carbons (Fsp3) is 0.500. The zero-order valence-corrected chi connectivity index (χ0v) is 12.8. The van der Waals surface area contributed by atoms with Crippen molar-refractivity contribution in [3.8, 4) is 0 Å². The van der Waals surface area contributed by atoms with Crippen molar-refractivity contribution in [1.82, 2.24) is 5.32 Å². The van der Waals surface area contributed by atoms with Crippen LogP contribution in [0.25, 0.3) is 0 Å². The van der Waals surface area contributed by atoms with Gasteiger partial charge in [-0.25, -0.2) is 0 Å². The molecule has 4 N–H and O–H groups in total. The van der Waals surface area contributed by atoms with E-state index in [4.69, 9.17) is 5.73 Å². The van der Waals surface area contributed by atoms with Crippen molar-refractivity contribution in [2.24, 2.45) is 11.7 Å². The van der Waals surface area contributed by atoms with Gasteiger partial charge in [-0.3, -0.25) is 9.59 Å². The summed E-state index contributed by atoms with van der Waals surface area (Å²) >= 11 is 0. The molecule has 0 aliphatic heterocycles. The second kappa shape index (κ2) is 7.78. The minimum atomic E-state index is -1.12. The molecule has 0 heterocycles. The van der Waals surface area contributed by atoms with E-state index in [1.165, 1.54) is 0 Å². The number of hydrogen-bond acceptors (Lipinski definition) is 3. The molecule has 2 atom stereocenters. The molecular weight excluding hydrogens is 268 g/mol. The lowest BCUT2D eigenvalue weighted by molar-refractivity contribution is -0.133. The Morgan fingerprint density at radius 2 is 1.90 bits per heavy atom. The van der Waals surface area contributed by atoms with Gasteiger partial charge in [0.25, 0.3) is 0 Å². The summed E-state index contributed by atoms with van der Waals surface area (Å²) in [5.41, 5.74) is 7.32. The highest BCUT2D eigenvalue weighted by atomic mass is 16.3. The van der Waals surface area contributed by atoms with Gasteiger partial charge >= 0.3 is 0 Å².